The van der Waals surface area contributed by atoms with Gasteiger partial charge in [0.25, 0.3) is 5.91 Å². The van der Waals surface area contributed by atoms with Crippen LogP contribution in [-0.2, 0) is 14.4 Å². The summed E-state index contributed by atoms with van der Waals surface area (Å²) in [6.07, 6.45) is 2.56. The van der Waals surface area contributed by atoms with Gasteiger partial charge in [0.1, 0.15) is 23.4 Å². The highest BCUT2D eigenvalue weighted by molar-refractivity contribution is 8.06. The van der Waals surface area contributed by atoms with Crippen molar-refractivity contribution in [3.8, 4) is 6.07 Å². The van der Waals surface area contributed by atoms with Crippen molar-refractivity contribution in [3.05, 3.63) is 28.4 Å². The summed E-state index contributed by atoms with van der Waals surface area (Å²) < 4.78 is 0. The second kappa shape index (κ2) is 8.51. The molecule has 1 saturated heterocycles. The maximum absolute atomic E-state index is 12.5. The van der Waals surface area contributed by atoms with Crippen LogP contribution in [0.25, 0.3) is 0 Å². The van der Waals surface area contributed by atoms with Crippen LogP contribution in [0, 0.1) is 11.3 Å². The van der Waals surface area contributed by atoms with E-state index in [0.29, 0.717) is 15.8 Å². The first kappa shape index (κ1) is 19.3. The van der Waals surface area contributed by atoms with Crippen molar-refractivity contribution >= 4 is 53.1 Å². The number of carboxylic acid groups (broad SMARTS) is 1. The molecule has 2 amide bonds. The highest BCUT2D eigenvalue weighted by atomic mass is 32.2. The number of thioether (sulfide) groups is 3. The predicted molar refractivity (Wildman–Crippen MR) is 99.1 cm³/mol. The number of rotatable bonds is 7. The number of allylic oxidation sites excluding steroid dienone is 1. The minimum Gasteiger partial charge on any atom is -0.477 e. The Morgan fingerprint density at radius 1 is 1.59 bits per heavy atom. The number of carbonyl (C=O) groups excluding carboxylic acids is 2. The zero-order chi connectivity index (χ0) is 19.4. The predicted octanol–water partition coefficient (Wildman–Crippen LogP) is 0.363. The van der Waals surface area contributed by atoms with Gasteiger partial charge in [-0.1, -0.05) is 11.8 Å². The van der Waals surface area contributed by atoms with Crippen molar-refractivity contribution in [2.45, 2.75) is 16.6 Å². The van der Waals surface area contributed by atoms with Crippen molar-refractivity contribution in [2.24, 2.45) is 0 Å². The van der Waals surface area contributed by atoms with Crippen LogP contribution in [-0.4, -0.2) is 65.9 Å². The van der Waals surface area contributed by atoms with Crippen LogP contribution in [0.5, 0.6) is 0 Å². The molecule has 1 fully saturated rings. The van der Waals surface area contributed by atoms with E-state index in [1.165, 1.54) is 34.5 Å². The number of aromatic nitrogens is 3. The summed E-state index contributed by atoms with van der Waals surface area (Å²) in [7, 11) is 0. The average molecular weight is 424 g/mol. The molecule has 0 saturated carbocycles. The molecule has 140 valence electrons. The molecule has 0 spiro atoms. The molecular formula is C14H12N6O4S3. The number of nitriles is 1. The van der Waals surface area contributed by atoms with Crippen LogP contribution in [0.15, 0.2) is 33.6 Å². The molecule has 3 rings (SSSR count). The molecule has 3 heterocycles. The first-order valence-corrected chi connectivity index (χ1v) is 10.3. The van der Waals surface area contributed by atoms with E-state index in [1.807, 2.05) is 6.07 Å². The van der Waals surface area contributed by atoms with Crippen molar-refractivity contribution in [1.29, 1.82) is 5.26 Å². The monoisotopic (exact) mass is 424 g/mol. The summed E-state index contributed by atoms with van der Waals surface area (Å²) >= 11 is 3.61. The summed E-state index contributed by atoms with van der Waals surface area (Å²) in [5, 5.41) is 28.4. The van der Waals surface area contributed by atoms with Crippen molar-refractivity contribution < 1.29 is 19.5 Å². The number of hydrogen-bond donors (Lipinski definition) is 3. The minimum atomic E-state index is -1.21. The number of fused-ring (bicyclic) bond motifs is 1. The SMILES string of the molecule is N#CC=CSCC(=O)NC1C(=O)N2C(C(=O)O)=C(Sc3ncn[nH]3)CS[C@@H]12. The molecule has 2 atom stereocenters. The van der Waals surface area contributed by atoms with Gasteiger partial charge in [-0.2, -0.15) is 10.4 Å². The molecule has 10 nitrogen and oxygen atoms in total. The summed E-state index contributed by atoms with van der Waals surface area (Å²) in [6, 6.07) is 1.04. The molecule has 1 aromatic heterocycles. The highest BCUT2D eigenvalue weighted by Crippen LogP contribution is 2.44. The Morgan fingerprint density at radius 3 is 3.07 bits per heavy atom. The van der Waals surface area contributed by atoms with Crippen LogP contribution in [0.4, 0.5) is 0 Å². The fourth-order valence-electron chi connectivity index (χ4n) is 2.45. The number of aliphatic carboxylic acids is 1. The third-order valence-electron chi connectivity index (χ3n) is 3.52. The largest absolute Gasteiger partial charge is 0.477 e. The number of aromatic amines is 1. The molecule has 13 heteroatoms. The van der Waals surface area contributed by atoms with Crippen LogP contribution in [0.3, 0.4) is 0 Å². The molecule has 0 radical (unpaired) electrons. The van der Waals surface area contributed by atoms with Crippen molar-refractivity contribution in [3.63, 3.8) is 0 Å². The lowest BCUT2D eigenvalue weighted by Crippen LogP contribution is -2.70. The third-order valence-corrected chi connectivity index (χ3v) is 6.71. The Bertz CT molecular complexity index is 863. The number of H-pyrrole nitrogens is 1. The van der Waals surface area contributed by atoms with Gasteiger partial charge in [0.05, 0.1) is 11.8 Å². The zero-order valence-electron chi connectivity index (χ0n) is 13.5. The number of hydrogen-bond acceptors (Lipinski definition) is 9. The molecule has 2 aliphatic heterocycles. The number of amides is 2. The van der Waals surface area contributed by atoms with E-state index in [9.17, 15) is 19.5 Å². The van der Waals surface area contributed by atoms with E-state index >= 15 is 0 Å². The zero-order valence-corrected chi connectivity index (χ0v) is 15.9. The summed E-state index contributed by atoms with van der Waals surface area (Å²) in [5.74, 6) is -1.60. The van der Waals surface area contributed by atoms with E-state index in [2.05, 4.69) is 20.5 Å². The van der Waals surface area contributed by atoms with Gasteiger partial charge in [-0.15, -0.1) is 23.5 Å². The first-order chi connectivity index (χ1) is 13.0. The Balaban J connectivity index is 1.68. The molecule has 2 aliphatic rings. The standard InChI is InChI=1S/C14H12N6O4S3/c15-2-1-3-25-5-8(21)18-9-11(22)20-10(13(23)24)7(4-26-12(9)20)27-14-16-6-17-19-14/h1,3,6,9,12H,4-5H2,(H,18,21)(H,23,24)(H,16,17,19)/t9?,12-/m0/s1. The van der Waals surface area contributed by atoms with Gasteiger partial charge in [-0.25, -0.2) is 9.78 Å². The molecule has 3 N–H and O–H groups in total. The average Bonchev–Trinajstić information content (AvgIpc) is 3.15. The highest BCUT2D eigenvalue weighted by Gasteiger charge is 2.54. The van der Waals surface area contributed by atoms with E-state index in [0.717, 1.165) is 23.5 Å². The van der Waals surface area contributed by atoms with Crippen LogP contribution >= 0.6 is 35.3 Å². The molecule has 1 aromatic rings. The Labute approximate surface area is 165 Å². The lowest BCUT2D eigenvalue weighted by atomic mass is 10.1. The smallest absolute Gasteiger partial charge is 0.353 e. The number of β-lactam (4-membered cyclic amide) rings is 1. The lowest BCUT2D eigenvalue weighted by molar-refractivity contribution is -0.150. The number of nitrogens with zero attached hydrogens (tertiary/aromatic N) is 4. The van der Waals surface area contributed by atoms with E-state index in [1.54, 1.807) is 0 Å². The lowest BCUT2D eigenvalue weighted by Gasteiger charge is -2.49. The Kier molecular flexibility index (Phi) is 6.09. The number of nitrogens with one attached hydrogen (secondary N) is 2. The fraction of sp³-hybridized carbons (Fsp3) is 0.286. The van der Waals surface area contributed by atoms with Gasteiger partial charge >= 0.3 is 5.97 Å². The molecule has 0 aromatic carbocycles. The van der Waals surface area contributed by atoms with Gasteiger partial charge in [-0.05, 0) is 5.41 Å². The van der Waals surface area contributed by atoms with Gasteiger partial charge < -0.3 is 10.4 Å². The Hall–Kier alpha value is -2.43. The van der Waals surface area contributed by atoms with Crippen LogP contribution in [0.2, 0.25) is 0 Å². The van der Waals surface area contributed by atoms with Gasteiger partial charge in [0, 0.05) is 16.7 Å². The Morgan fingerprint density at radius 2 is 2.41 bits per heavy atom. The van der Waals surface area contributed by atoms with Crippen LogP contribution in [0.1, 0.15) is 0 Å². The number of carbonyl (C=O) groups is 3. The molecule has 0 aliphatic carbocycles. The van der Waals surface area contributed by atoms with Crippen molar-refractivity contribution in [2.75, 3.05) is 11.5 Å². The van der Waals surface area contributed by atoms with Gasteiger partial charge in [0.2, 0.25) is 5.91 Å². The van der Waals surface area contributed by atoms with Gasteiger partial charge in [0.15, 0.2) is 5.16 Å². The second-order valence-electron chi connectivity index (χ2n) is 5.17. The summed E-state index contributed by atoms with van der Waals surface area (Å²) in [6.45, 7) is 0. The normalized spacial score (nSPS) is 21.6. The molecule has 0 bridgehead atoms. The van der Waals surface area contributed by atoms with E-state index in [4.69, 9.17) is 5.26 Å². The maximum Gasteiger partial charge on any atom is 0.353 e. The van der Waals surface area contributed by atoms with E-state index < -0.39 is 23.3 Å². The fourth-order valence-corrected chi connectivity index (χ4v) is 5.28. The molecule has 27 heavy (non-hydrogen) atoms. The summed E-state index contributed by atoms with van der Waals surface area (Å²) in [5.41, 5.74) is -0.0954. The van der Waals surface area contributed by atoms with Crippen molar-refractivity contribution in [1.82, 2.24) is 25.4 Å². The quantitative estimate of drug-likeness (QED) is 0.413. The number of carboxylic acids is 1. The third kappa shape index (κ3) is 4.12. The second-order valence-corrected chi connectivity index (χ2v) is 8.25. The molecule has 1 unspecified atom stereocenters. The summed E-state index contributed by atoms with van der Waals surface area (Å²) in [4.78, 5) is 41.7. The first-order valence-electron chi connectivity index (χ1n) is 7.43. The molecular weight excluding hydrogens is 412 g/mol. The topological polar surface area (TPSA) is 152 Å². The maximum atomic E-state index is 12.5. The van der Waals surface area contributed by atoms with Crippen LogP contribution < -0.4 is 5.32 Å². The van der Waals surface area contributed by atoms with Gasteiger partial charge in [-0.3, -0.25) is 19.6 Å². The van der Waals surface area contributed by atoms with E-state index in [-0.39, 0.29) is 17.4 Å². The minimum absolute atomic E-state index is 0.0631.